The van der Waals surface area contributed by atoms with E-state index in [2.05, 4.69) is 15.2 Å². The normalized spacial score (nSPS) is 14.7. The Hall–Kier alpha value is -2.76. The summed E-state index contributed by atoms with van der Waals surface area (Å²) >= 11 is 0. The SMILES string of the molecule is COc1ccc(NC(=O)c2ccc(N3CCCCCC3)nc2)cc1N. The van der Waals surface area contributed by atoms with Crippen LogP contribution in [0.25, 0.3) is 0 Å². The smallest absolute Gasteiger partial charge is 0.257 e. The lowest BCUT2D eigenvalue weighted by molar-refractivity contribution is 0.102. The summed E-state index contributed by atoms with van der Waals surface area (Å²) in [6.07, 6.45) is 6.58. The van der Waals surface area contributed by atoms with E-state index < -0.39 is 0 Å². The number of nitrogens with two attached hydrogens (primary N) is 1. The van der Waals surface area contributed by atoms with E-state index in [1.165, 1.54) is 25.7 Å². The van der Waals surface area contributed by atoms with E-state index in [1.807, 2.05) is 12.1 Å². The molecule has 0 saturated carbocycles. The third kappa shape index (κ3) is 4.21. The number of benzene rings is 1. The molecule has 0 radical (unpaired) electrons. The lowest BCUT2D eigenvalue weighted by Crippen LogP contribution is -2.25. The van der Waals surface area contributed by atoms with Crippen molar-refractivity contribution >= 4 is 23.1 Å². The molecule has 0 bridgehead atoms. The third-order valence-corrected chi connectivity index (χ3v) is 4.43. The van der Waals surface area contributed by atoms with Crippen LogP contribution >= 0.6 is 0 Å². The predicted molar refractivity (Wildman–Crippen MR) is 100 cm³/mol. The van der Waals surface area contributed by atoms with Crippen LogP contribution in [0.2, 0.25) is 0 Å². The minimum Gasteiger partial charge on any atom is -0.495 e. The van der Waals surface area contributed by atoms with Crippen molar-refractivity contribution in [3.8, 4) is 5.75 Å². The monoisotopic (exact) mass is 340 g/mol. The summed E-state index contributed by atoms with van der Waals surface area (Å²) in [5.41, 5.74) is 7.49. The quantitative estimate of drug-likeness (QED) is 0.835. The Morgan fingerprint density at radius 1 is 1.16 bits per heavy atom. The number of hydrogen-bond acceptors (Lipinski definition) is 5. The van der Waals surface area contributed by atoms with Crippen LogP contribution in [0.5, 0.6) is 5.75 Å². The number of nitrogens with zero attached hydrogens (tertiary/aromatic N) is 2. The van der Waals surface area contributed by atoms with Gasteiger partial charge in [0, 0.05) is 25.0 Å². The number of carbonyl (C=O) groups excluding carboxylic acids is 1. The fourth-order valence-electron chi connectivity index (χ4n) is 3.02. The first-order valence-corrected chi connectivity index (χ1v) is 8.63. The highest BCUT2D eigenvalue weighted by atomic mass is 16.5. The number of pyridine rings is 1. The standard InChI is InChI=1S/C19H24N4O2/c1-25-17-8-7-15(12-16(17)20)22-19(24)14-6-9-18(21-13-14)23-10-4-2-3-5-11-23/h6-9,12-13H,2-5,10-11,20H2,1H3,(H,22,24). The van der Waals surface area contributed by atoms with Crippen molar-refractivity contribution in [2.75, 3.05) is 36.1 Å². The van der Waals surface area contributed by atoms with Crippen LogP contribution in [-0.2, 0) is 0 Å². The van der Waals surface area contributed by atoms with Gasteiger partial charge in [-0.3, -0.25) is 4.79 Å². The zero-order valence-electron chi connectivity index (χ0n) is 14.5. The number of ether oxygens (including phenoxy) is 1. The van der Waals surface area contributed by atoms with Crippen LogP contribution in [0.4, 0.5) is 17.2 Å². The van der Waals surface area contributed by atoms with E-state index in [9.17, 15) is 4.79 Å². The first-order chi connectivity index (χ1) is 12.2. The number of amides is 1. The van der Waals surface area contributed by atoms with Crippen LogP contribution in [0.1, 0.15) is 36.0 Å². The first kappa shape index (κ1) is 17.1. The molecule has 0 spiro atoms. The van der Waals surface area contributed by atoms with Gasteiger partial charge in [-0.05, 0) is 43.2 Å². The number of methoxy groups -OCH3 is 1. The molecule has 1 aromatic carbocycles. The van der Waals surface area contributed by atoms with Crippen molar-refractivity contribution < 1.29 is 9.53 Å². The van der Waals surface area contributed by atoms with Crippen molar-refractivity contribution in [1.29, 1.82) is 0 Å². The molecule has 2 aromatic rings. The van der Waals surface area contributed by atoms with Gasteiger partial charge in [0.05, 0.1) is 18.4 Å². The number of nitrogens with one attached hydrogen (secondary N) is 1. The molecule has 25 heavy (non-hydrogen) atoms. The minimum atomic E-state index is -0.209. The zero-order valence-corrected chi connectivity index (χ0v) is 14.5. The highest BCUT2D eigenvalue weighted by molar-refractivity contribution is 6.04. The van der Waals surface area contributed by atoms with Gasteiger partial charge in [0.15, 0.2) is 0 Å². The van der Waals surface area contributed by atoms with Gasteiger partial charge in [-0.25, -0.2) is 4.98 Å². The van der Waals surface area contributed by atoms with Crippen LogP contribution < -0.4 is 20.7 Å². The molecule has 0 atom stereocenters. The summed E-state index contributed by atoms with van der Waals surface area (Å²) in [5, 5.41) is 2.83. The van der Waals surface area contributed by atoms with Crippen molar-refractivity contribution in [1.82, 2.24) is 4.98 Å². The molecule has 132 valence electrons. The molecule has 1 saturated heterocycles. The molecule has 0 unspecified atom stereocenters. The second-order valence-electron chi connectivity index (χ2n) is 6.22. The Kier molecular flexibility index (Phi) is 5.38. The molecule has 1 aliphatic heterocycles. The molecule has 6 nitrogen and oxygen atoms in total. The first-order valence-electron chi connectivity index (χ1n) is 8.63. The Bertz CT molecular complexity index is 723. The van der Waals surface area contributed by atoms with E-state index in [0.29, 0.717) is 22.7 Å². The summed E-state index contributed by atoms with van der Waals surface area (Å²) in [6.45, 7) is 2.06. The number of hydrogen-bond donors (Lipinski definition) is 2. The van der Waals surface area contributed by atoms with E-state index in [1.54, 1.807) is 31.5 Å². The second-order valence-corrected chi connectivity index (χ2v) is 6.22. The van der Waals surface area contributed by atoms with Gasteiger partial charge < -0.3 is 20.7 Å². The maximum absolute atomic E-state index is 12.4. The van der Waals surface area contributed by atoms with Crippen molar-refractivity contribution in [3.05, 3.63) is 42.1 Å². The van der Waals surface area contributed by atoms with Crippen molar-refractivity contribution in [2.24, 2.45) is 0 Å². The Morgan fingerprint density at radius 2 is 1.92 bits per heavy atom. The zero-order chi connectivity index (χ0) is 17.6. The van der Waals surface area contributed by atoms with Gasteiger partial charge in [-0.2, -0.15) is 0 Å². The van der Waals surface area contributed by atoms with Gasteiger partial charge in [-0.1, -0.05) is 12.8 Å². The van der Waals surface area contributed by atoms with Crippen molar-refractivity contribution in [2.45, 2.75) is 25.7 Å². The van der Waals surface area contributed by atoms with Gasteiger partial charge in [0.1, 0.15) is 11.6 Å². The maximum atomic E-state index is 12.4. The summed E-state index contributed by atoms with van der Waals surface area (Å²) in [7, 11) is 1.56. The number of aromatic nitrogens is 1. The molecule has 1 aromatic heterocycles. The Labute approximate surface area is 148 Å². The maximum Gasteiger partial charge on any atom is 0.257 e. The number of nitrogen functional groups attached to an aromatic ring is 1. The largest absolute Gasteiger partial charge is 0.495 e. The second kappa shape index (κ2) is 7.88. The fraction of sp³-hybridized carbons (Fsp3) is 0.368. The lowest BCUT2D eigenvalue weighted by Gasteiger charge is -2.21. The van der Waals surface area contributed by atoms with Gasteiger partial charge >= 0.3 is 0 Å². The molecule has 3 rings (SSSR count). The number of rotatable bonds is 4. The van der Waals surface area contributed by atoms with Crippen LogP contribution in [0.15, 0.2) is 36.5 Å². The molecule has 6 heteroatoms. The average Bonchev–Trinajstić information content (AvgIpc) is 2.91. The van der Waals surface area contributed by atoms with E-state index >= 15 is 0 Å². The topological polar surface area (TPSA) is 80.5 Å². The summed E-state index contributed by atoms with van der Waals surface area (Å²) in [5.74, 6) is 1.31. The molecule has 3 N–H and O–H groups in total. The summed E-state index contributed by atoms with van der Waals surface area (Å²) < 4.78 is 5.12. The summed E-state index contributed by atoms with van der Waals surface area (Å²) in [4.78, 5) is 19.1. The van der Waals surface area contributed by atoms with Crippen molar-refractivity contribution in [3.63, 3.8) is 0 Å². The fourth-order valence-corrected chi connectivity index (χ4v) is 3.02. The lowest BCUT2D eigenvalue weighted by atomic mass is 10.2. The molecule has 0 aliphatic carbocycles. The average molecular weight is 340 g/mol. The molecule has 2 heterocycles. The molecule has 1 fully saturated rings. The molecular weight excluding hydrogens is 316 g/mol. The molecule has 1 aliphatic rings. The number of carbonyl (C=O) groups is 1. The highest BCUT2D eigenvalue weighted by Crippen LogP contribution is 2.25. The van der Waals surface area contributed by atoms with Gasteiger partial charge in [-0.15, -0.1) is 0 Å². The van der Waals surface area contributed by atoms with Crippen LogP contribution in [0, 0.1) is 0 Å². The minimum absolute atomic E-state index is 0.209. The van der Waals surface area contributed by atoms with Crippen LogP contribution in [0.3, 0.4) is 0 Å². The molecular formula is C19H24N4O2. The van der Waals surface area contributed by atoms with Crippen LogP contribution in [-0.4, -0.2) is 31.1 Å². The Balaban J connectivity index is 1.67. The van der Waals surface area contributed by atoms with Gasteiger partial charge in [0.2, 0.25) is 0 Å². The third-order valence-electron chi connectivity index (χ3n) is 4.43. The summed E-state index contributed by atoms with van der Waals surface area (Å²) in [6, 6.07) is 8.89. The molecule has 1 amide bonds. The van der Waals surface area contributed by atoms with E-state index in [4.69, 9.17) is 10.5 Å². The van der Waals surface area contributed by atoms with Gasteiger partial charge in [0.25, 0.3) is 5.91 Å². The number of anilines is 3. The van der Waals surface area contributed by atoms with E-state index in [0.717, 1.165) is 18.9 Å². The predicted octanol–water partition coefficient (Wildman–Crippen LogP) is 3.31. The highest BCUT2D eigenvalue weighted by Gasteiger charge is 2.13. The Morgan fingerprint density at radius 3 is 2.52 bits per heavy atom. The van der Waals surface area contributed by atoms with E-state index in [-0.39, 0.29) is 5.91 Å².